The Hall–Kier alpha value is -2.44. The number of hydrogen-bond acceptors (Lipinski definition) is 4. The molecule has 1 heterocycles. The minimum Gasteiger partial charge on any atom is -0.454 e. The van der Waals surface area contributed by atoms with Crippen molar-refractivity contribution in [2.24, 2.45) is 5.73 Å². The number of urea groups is 1. The minimum absolute atomic E-state index is 0.0496. The molecule has 1 aliphatic rings. The number of ether oxygens (including phenoxy) is 2. The Labute approximate surface area is 135 Å². The summed E-state index contributed by atoms with van der Waals surface area (Å²) in [5.74, 6) is 1.58. The highest BCUT2D eigenvalue weighted by molar-refractivity contribution is 5.75. The van der Waals surface area contributed by atoms with Crippen LogP contribution in [0.3, 0.4) is 0 Å². The first-order valence-electron chi connectivity index (χ1n) is 7.83. The van der Waals surface area contributed by atoms with Crippen LogP contribution < -0.4 is 25.8 Å². The molecule has 7 nitrogen and oxygen atoms in total. The van der Waals surface area contributed by atoms with Gasteiger partial charge in [0.2, 0.25) is 12.7 Å². The molecule has 126 valence electrons. The van der Waals surface area contributed by atoms with E-state index in [1.54, 1.807) is 0 Å². The van der Waals surface area contributed by atoms with Crippen LogP contribution in [0.5, 0.6) is 11.5 Å². The number of nitrogens with one attached hydrogen (secondary N) is 2. The maximum Gasteiger partial charge on any atom is 0.312 e. The van der Waals surface area contributed by atoms with E-state index in [9.17, 15) is 9.59 Å². The molecule has 1 aromatic rings. The highest BCUT2D eigenvalue weighted by Crippen LogP contribution is 2.32. The van der Waals surface area contributed by atoms with E-state index >= 15 is 0 Å². The molecule has 1 aromatic carbocycles. The number of carbonyl (C=O) groups excluding carboxylic acids is 2. The van der Waals surface area contributed by atoms with Crippen molar-refractivity contribution in [3.05, 3.63) is 23.8 Å². The molecule has 0 atom stereocenters. The molecule has 0 aliphatic carbocycles. The summed E-state index contributed by atoms with van der Waals surface area (Å²) in [7, 11) is 0. The van der Waals surface area contributed by atoms with Gasteiger partial charge in [0.05, 0.1) is 0 Å². The molecule has 2 rings (SSSR count). The van der Waals surface area contributed by atoms with Gasteiger partial charge in [-0.25, -0.2) is 4.79 Å². The van der Waals surface area contributed by atoms with E-state index < -0.39 is 6.03 Å². The van der Waals surface area contributed by atoms with Crippen LogP contribution in [0.1, 0.15) is 31.2 Å². The molecule has 7 heteroatoms. The van der Waals surface area contributed by atoms with Crippen molar-refractivity contribution in [2.75, 3.05) is 19.9 Å². The summed E-state index contributed by atoms with van der Waals surface area (Å²) in [5, 5.41) is 5.43. The number of unbranched alkanes of at least 4 members (excludes halogenated alkanes) is 2. The fraction of sp³-hybridized carbons (Fsp3) is 0.500. The number of nitrogens with two attached hydrogens (primary N) is 1. The number of carbonyl (C=O) groups is 2. The van der Waals surface area contributed by atoms with Gasteiger partial charge in [0, 0.05) is 19.5 Å². The van der Waals surface area contributed by atoms with E-state index in [-0.39, 0.29) is 12.7 Å². The third-order valence-electron chi connectivity index (χ3n) is 3.55. The smallest absolute Gasteiger partial charge is 0.312 e. The van der Waals surface area contributed by atoms with E-state index in [1.165, 1.54) is 0 Å². The molecule has 0 saturated heterocycles. The van der Waals surface area contributed by atoms with Crippen LogP contribution in [0.4, 0.5) is 4.79 Å². The van der Waals surface area contributed by atoms with Crippen LogP contribution in [0.15, 0.2) is 18.2 Å². The summed E-state index contributed by atoms with van der Waals surface area (Å²) in [6, 6.07) is 5.30. The van der Waals surface area contributed by atoms with Crippen molar-refractivity contribution >= 4 is 11.9 Å². The number of amides is 3. The van der Waals surface area contributed by atoms with Gasteiger partial charge in [-0.1, -0.05) is 12.5 Å². The predicted molar refractivity (Wildman–Crippen MR) is 85.3 cm³/mol. The van der Waals surface area contributed by atoms with Gasteiger partial charge in [-0.3, -0.25) is 4.79 Å². The second-order valence-corrected chi connectivity index (χ2v) is 5.39. The lowest BCUT2D eigenvalue weighted by Gasteiger charge is -2.06. The molecular formula is C16H23N3O4. The van der Waals surface area contributed by atoms with Gasteiger partial charge in [-0.2, -0.15) is 0 Å². The Morgan fingerprint density at radius 1 is 1.04 bits per heavy atom. The number of hydrogen-bond donors (Lipinski definition) is 3. The Morgan fingerprint density at radius 2 is 1.87 bits per heavy atom. The molecule has 23 heavy (non-hydrogen) atoms. The molecule has 0 aromatic heterocycles. The molecule has 0 unspecified atom stereocenters. The maximum atomic E-state index is 11.7. The molecule has 0 spiro atoms. The van der Waals surface area contributed by atoms with Crippen molar-refractivity contribution < 1.29 is 19.1 Å². The molecule has 0 fully saturated rings. The molecule has 1 aliphatic heterocycles. The molecular weight excluding hydrogens is 298 g/mol. The maximum absolute atomic E-state index is 11.7. The van der Waals surface area contributed by atoms with Gasteiger partial charge in [0.1, 0.15) is 0 Å². The monoisotopic (exact) mass is 321 g/mol. The Balaban J connectivity index is 1.54. The zero-order valence-electron chi connectivity index (χ0n) is 13.1. The average Bonchev–Trinajstić information content (AvgIpc) is 2.98. The Morgan fingerprint density at radius 3 is 2.70 bits per heavy atom. The molecule has 0 bridgehead atoms. The fourth-order valence-corrected chi connectivity index (χ4v) is 2.33. The van der Waals surface area contributed by atoms with E-state index in [1.807, 2.05) is 18.2 Å². The normalized spacial score (nSPS) is 12.0. The van der Waals surface area contributed by atoms with Crippen molar-refractivity contribution in [1.82, 2.24) is 10.6 Å². The van der Waals surface area contributed by atoms with Gasteiger partial charge in [-0.15, -0.1) is 0 Å². The summed E-state index contributed by atoms with van der Waals surface area (Å²) in [6.07, 6.45) is 3.77. The van der Waals surface area contributed by atoms with Crippen LogP contribution in [-0.2, 0) is 11.2 Å². The van der Waals surface area contributed by atoms with E-state index in [4.69, 9.17) is 15.2 Å². The van der Waals surface area contributed by atoms with Crippen LogP contribution in [-0.4, -0.2) is 31.8 Å². The largest absolute Gasteiger partial charge is 0.454 e. The van der Waals surface area contributed by atoms with Crippen LogP contribution >= 0.6 is 0 Å². The third-order valence-corrected chi connectivity index (χ3v) is 3.55. The lowest BCUT2D eigenvalue weighted by Crippen LogP contribution is -2.30. The summed E-state index contributed by atoms with van der Waals surface area (Å²) < 4.78 is 10.6. The summed E-state index contributed by atoms with van der Waals surface area (Å²) >= 11 is 0. The van der Waals surface area contributed by atoms with Crippen LogP contribution in [0.25, 0.3) is 0 Å². The Kier molecular flexibility index (Phi) is 6.53. The topological polar surface area (TPSA) is 103 Å². The van der Waals surface area contributed by atoms with E-state index in [2.05, 4.69) is 10.6 Å². The second-order valence-electron chi connectivity index (χ2n) is 5.39. The highest BCUT2D eigenvalue weighted by Gasteiger charge is 2.13. The predicted octanol–water partition coefficient (Wildman–Crippen LogP) is 1.30. The summed E-state index contributed by atoms with van der Waals surface area (Å²) in [6.45, 7) is 1.42. The van der Waals surface area contributed by atoms with Crippen molar-refractivity contribution in [2.45, 2.75) is 32.1 Å². The first kappa shape index (κ1) is 16.9. The molecule has 0 radical (unpaired) electrons. The summed E-state index contributed by atoms with van der Waals surface area (Å²) in [4.78, 5) is 22.2. The number of primary amides is 1. The minimum atomic E-state index is -0.508. The van der Waals surface area contributed by atoms with Crippen LogP contribution in [0, 0.1) is 0 Å². The third kappa shape index (κ3) is 6.06. The van der Waals surface area contributed by atoms with Gasteiger partial charge in [0.15, 0.2) is 11.5 Å². The number of fused-ring (bicyclic) bond motifs is 1. The standard InChI is InChI=1S/C16H23N3O4/c17-16(21)19-8-3-1-2-4-15(20)18-9-7-12-5-6-13-14(10-12)23-11-22-13/h5-6,10H,1-4,7-9,11H2,(H,18,20)(H3,17,19,21). The second kappa shape index (κ2) is 8.87. The van der Waals surface area contributed by atoms with Gasteiger partial charge >= 0.3 is 6.03 Å². The van der Waals surface area contributed by atoms with E-state index in [0.717, 1.165) is 42.7 Å². The van der Waals surface area contributed by atoms with Gasteiger partial charge in [0.25, 0.3) is 0 Å². The van der Waals surface area contributed by atoms with Crippen molar-refractivity contribution in [3.63, 3.8) is 0 Å². The van der Waals surface area contributed by atoms with Gasteiger partial charge in [-0.05, 0) is 37.0 Å². The fourth-order valence-electron chi connectivity index (χ4n) is 2.33. The number of benzene rings is 1. The highest BCUT2D eigenvalue weighted by atomic mass is 16.7. The first-order valence-corrected chi connectivity index (χ1v) is 7.83. The zero-order valence-corrected chi connectivity index (χ0v) is 13.1. The molecule has 3 amide bonds. The average molecular weight is 321 g/mol. The quantitative estimate of drug-likeness (QED) is 0.597. The van der Waals surface area contributed by atoms with Crippen LogP contribution in [0.2, 0.25) is 0 Å². The molecule has 4 N–H and O–H groups in total. The van der Waals surface area contributed by atoms with Crippen molar-refractivity contribution in [1.29, 1.82) is 0 Å². The SMILES string of the molecule is NC(=O)NCCCCCC(=O)NCCc1ccc2c(c1)OCO2. The summed E-state index contributed by atoms with van der Waals surface area (Å²) in [5.41, 5.74) is 6.06. The lowest BCUT2D eigenvalue weighted by atomic mass is 10.1. The van der Waals surface area contributed by atoms with Crippen molar-refractivity contribution in [3.8, 4) is 11.5 Å². The zero-order chi connectivity index (χ0) is 16.5. The molecule has 0 saturated carbocycles. The Bertz CT molecular complexity index is 548. The lowest BCUT2D eigenvalue weighted by molar-refractivity contribution is -0.121. The first-order chi connectivity index (χ1) is 11.1. The number of rotatable bonds is 9. The van der Waals surface area contributed by atoms with E-state index in [0.29, 0.717) is 19.5 Å². The van der Waals surface area contributed by atoms with Gasteiger partial charge < -0.3 is 25.8 Å².